The number of rotatable bonds is 3. The lowest BCUT2D eigenvalue weighted by atomic mass is 9.80. The molecule has 1 fully saturated rings. The Balaban J connectivity index is 1.93. The van der Waals surface area contributed by atoms with E-state index in [1.807, 2.05) is 19.1 Å². The Hall–Kier alpha value is -1.79. The number of hydrogen-bond acceptors (Lipinski definition) is 6. The SMILES string of the molecule is Cc1ccnc(-c2noc(C3(CN)CCOCC3)n2)c1. The summed E-state index contributed by atoms with van der Waals surface area (Å²) in [5.74, 6) is 1.12. The van der Waals surface area contributed by atoms with Crippen LogP contribution in [0.4, 0.5) is 0 Å². The van der Waals surface area contributed by atoms with Crippen LogP contribution in [0.5, 0.6) is 0 Å². The zero-order valence-corrected chi connectivity index (χ0v) is 11.5. The molecule has 6 heteroatoms. The van der Waals surface area contributed by atoms with Crippen LogP contribution in [0.2, 0.25) is 0 Å². The lowest BCUT2D eigenvalue weighted by Gasteiger charge is -2.32. The van der Waals surface area contributed by atoms with Gasteiger partial charge < -0.3 is 15.0 Å². The molecule has 0 unspecified atom stereocenters. The second kappa shape index (κ2) is 5.30. The normalized spacial score (nSPS) is 18.1. The van der Waals surface area contributed by atoms with Crippen LogP contribution in [0.15, 0.2) is 22.9 Å². The van der Waals surface area contributed by atoms with E-state index in [4.69, 9.17) is 15.0 Å². The summed E-state index contributed by atoms with van der Waals surface area (Å²) in [6, 6.07) is 3.87. The van der Waals surface area contributed by atoms with Gasteiger partial charge in [-0.2, -0.15) is 4.98 Å². The molecule has 0 aromatic carbocycles. The maximum absolute atomic E-state index is 5.94. The highest BCUT2D eigenvalue weighted by Gasteiger charge is 2.38. The molecular formula is C14H18N4O2. The van der Waals surface area contributed by atoms with Gasteiger partial charge in [0, 0.05) is 26.0 Å². The molecule has 3 rings (SSSR count). The predicted octanol–water partition coefficient (Wildman–Crippen LogP) is 1.45. The molecule has 0 saturated carbocycles. The summed E-state index contributed by atoms with van der Waals surface area (Å²) in [4.78, 5) is 8.79. The molecule has 0 aliphatic carbocycles. The summed E-state index contributed by atoms with van der Waals surface area (Å²) in [5, 5.41) is 4.05. The maximum atomic E-state index is 5.94. The average molecular weight is 274 g/mol. The molecule has 2 N–H and O–H groups in total. The van der Waals surface area contributed by atoms with Crippen LogP contribution in [0.1, 0.15) is 24.3 Å². The molecule has 0 radical (unpaired) electrons. The van der Waals surface area contributed by atoms with E-state index < -0.39 is 0 Å². The Labute approximate surface area is 117 Å². The number of hydrogen-bond donors (Lipinski definition) is 1. The molecular weight excluding hydrogens is 256 g/mol. The minimum atomic E-state index is -0.257. The summed E-state index contributed by atoms with van der Waals surface area (Å²) >= 11 is 0. The number of ether oxygens (including phenoxy) is 1. The van der Waals surface area contributed by atoms with E-state index in [9.17, 15) is 0 Å². The zero-order valence-electron chi connectivity index (χ0n) is 11.5. The highest BCUT2D eigenvalue weighted by atomic mass is 16.5. The number of nitrogens with zero attached hydrogens (tertiary/aromatic N) is 3. The van der Waals surface area contributed by atoms with Crippen molar-refractivity contribution in [2.45, 2.75) is 25.2 Å². The van der Waals surface area contributed by atoms with Crippen molar-refractivity contribution in [1.82, 2.24) is 15.1 Å². The van der Waals surface area contributed by atoms with Crippen LogP contribution < -0.4 is 5.73 Å². The summed E-state index contributed by atoms with van der Waals surface area (Å²) in [5.41, 5.74) is 7.52. The molecule has 2 aromatic heterocycles. The fraction of sp³-hybridized carbons (Fsp3) is 0.500. The van der Waals surface area contributed by atoms with Gasteiger partial charge in [0.25, 0.3) is 0 Å². The Morgan fingerprint density at radius 3 is 2.85 bits per heavy atom. The topological polar surface area (TPSA) is 87.1 Å². The Kier molecular flexibility index (Phi) is 3.50. The van der Waals surface area contributed by atoms with Gasteiger partial charge in [-0.25, -0.2) is 0 Å². The summed E-state index contributed by atoms with van der Waals surface area (Å²) in [6.07, 6.45) is 3.37. The van der Waals surface area contributed by atoms with Crippen LogP contribution in [0, 0.1) is 6.92 Å². The van der Waals surface area contributed by atoms with E-state index in [2.05, 4.69) is 15.1 Å². The second-order valence-electron chi connectivity index (χ2n) is 5.24. The van der Waals surface area contributed by atoms with Gasteiger partial charge in [0.15, 0.2) is 0 Å². The van der Waals surface area contributed by atoms with E-state index >= 15 is 0 Å². The quantitative estimate of drug-likeness (QED) is 0.911. The van der Waals surface area contributed by atoms with Gasteiger partial charge in [0.05, 0.1) is 5.41 Å². The standard InChI is InChI=1S/C14H18N4O2/c1-10-2-5-16-11(8-10)12-17-13(20-18-12)14(9-15)3-6-19-7-4-14/h2,5,8H,3-4,6-7,9,15H2,1H3. The van der Waals surface area contributed by atoms with Crippen LogP contribution in [0.25, 0.3) is 11.5 Å². The molecule has 20 heavy (non-hydrogen) atoms. The van der Waals surface area contributed by atoms with Crippen molar-refractivity contribution in [3.8, 4) is 11.5 Å². The van der Waals surface area contributed by atoms with Gasteiger partial charge in [-0.05, 0) is 37.5 Å². The number of nitrogens with two attached hydrogens (primary N) is 1. The van der Waals surface area contributed by atoms with E-state index in [-0.39, 0.29) is 5.41 Å². The molecule has 0 atom stereocenters. The van der Waals surface area contributed by atoms with Gasteiger partial charge in [-0.1, -0.05) is 5.16 Å². The van der Waals surface area contributed by atoms with E-state index in [1.54, 1.807) is 6.20 Å². The van der Waals surface area contributed by atoms with Crippen LogP contribution in [0.3, 0.4) is 0 Å². The summed E-state index contributed by atoms with van der Waals surface area (Å²) in [7, 11) is 0. The molecule has 6 nitrogen and oxygen atoms in total. The van der Waals surface area contributed by atoms with Crippen molar-refractivity contribution in [2.75, 3.05) is 19.8 Å². The summed E-state index contributed by atoms with van der Waals surface area (Å²) in [6.45, 7) is 3.85. The molecule has 1 aliphatic heterocycles. The number of aryl methyl sites for hydroxylation is 1. The Morgan fingerprint density at radius 2 is 2.15 bits per heavy atom. The van der Waals surface area contributed by atoms with Crippen LogP contribution in [-0.4, -0.2) is 34.9 Å². The second-order valence-corrected chi connectivity index (χ2v) is 5.24. The van der Waals surface area contributed by atoms with Crippen LogP contribution >= 0.6 is 0 Å². The van der Waals surface area contributed by atoms with Crippen LogP contribution in [-0.2, 0) is 10.2 Å². The molecule has 1 saturated heterocycles. The molecule has 3 heterocycles. The molecule has 0 bridgehead atoms. The Bertz CT molecular complexity index is 590. The lowest BCUT2D eigenvalue weighted by molar-refractivity contribution is 0.0409. The van der Waals surface area contributed by atoms with Gasteiger partial charge in [0.1, 0.15) is 5.69 Å². The third kappa shape index (κ3) is 2.32. The maximum Gasteiger partial charge on any atom is 0.234 e. The Morgan fingerprint density at radius 1 is 1.35 bits per heavy atom. The van der Waals surface area contributed by atoms with Gasteiger partial charge >= 0.3 is 0 Å². The summed E-state index contributed by atoms with van der Waals surface area (Å²) < 4.78 is 10.9. The molecule has 106 valence electrons. The van der Waals surface area contributed by atoms with E-state index in [0.29, 0.717) is 31.5 Å². The van der Waals surface area contributed by atoms with Crippen molar-refractivity contribution >= 4 is 0 Å². The predicted molar refractivity (Wildman–Crippen MR) is 73.1 cm³/mol. The zero-order chi connectivity index (χ0) is 14.0. The number of pyridine rings is 1. The van der Waals surface area contributed by atoms with Crippen molar-refractivity contribution in [3.63, 3.8) is 0 Å². The third-order valence-corrected chi connectivity index (χ3v) is 3.86. The molecule has 2 aromatic rings. The van der Waals surface area contributed by atoms with Crippen molar-refractivity contribution in [3.05, 3.63) is 29.8 Å². The fourth-order valence-corrected chi connectivity index (χ4v) is 2.47. The van der Waals surface area contributed by atoms with Gasteiger partial charge in [0.2, 0.25) is 11.7 Å². The van der Waals surface area contributed by atoms with Crippen molar-refractivity contribution < 1.29 is 9.26 Å². The lowest BCUT2D eigenvalue weighted by Crippen LogP contribution is -2.40. The highest BCUT2D eigenvalue weighted by molar-refractivity contribution is 5.49. The van der Waals surface area contributed by atoms with E-state index in [1.165, 1.54) is 0 Å². The van der Waals surface area contributed by atoms with Gasteiger partial charge in [-0.3, -0.25) is 4.98 Å². The molecule has 0 amide bonds. The smallest absolute Gasteiger partial charge is 0.234 e. The minimum absolute atomic E-state index is 0.257. The first kappa shape index (κ1) is 13.2. The minimum Gasteiger partial charge on any atom is -0.381 e. The number of aromatic nitrogens is 3. The first-order valence-electron chi connectivity index (χ1n) is 6.78. The van der Waals surface area contributed by atoms with E-state index in [0.717, 1.165) is 24.1 Å². The van der Waals surface area contributed by atoms with Crippen molar-refractivity contribution in [2.24, 2.45) is 5.73 Å². The van der Waals surface area contributed by atoms with Gasteiger partial charge in [-0.15, -0.1) is 0 Å². The first-order valence-corrected chi connectivity index (χ1v) is 6.78. The third-order valence-electron chi connectivity index (χ3n) is 3.86. The molecule has 1 aliphatic rings. The van der Waals surface area contributed by atoms with Crippen molar-refractivity contribution in [1.29, 1.82) is 0 Å². The monoisotopic (exact) mass is 274 g/mol. The largest absolute Gasteiger partial charge is 0.381 e. The molecule has 0 spiro atoms. The fourth-order valence-electron chi connectivity index (χ4n) is 2.47. The highest BCUT2D eigenvalue weighted by Crippen LogP contribution is 2.33. The average Bonchev–Trinajstić information content (AvgIpc) is 2.98. The first-order chi connectivity index (χ1) is 9.73.